The highest BCUT2D eigenvalue weighted by atomic mass is 15.2. The smallest absolute Gasteiger partial charge is 0.113 e. The zero-order chi connectivity index (χ0) is 14.7. The van der Waals surface area contributed by atoms with Gasteiger partial charge in [0.2, 0.25) is 0 Å². The van der Waals surface area contributed by atoms with Gasteiger partial charge in [0.05, 0.1) is 0 Å². The van der Waals surface area contributed by atoms with Crippen molar-refractivity contribution in [2.45, 2.75) is 45.7 Å². The molecule has 4 heteroatoms. The van der Waals surface area contributed by atoms with E-state index in [-0.39, 0.29) is 0 Å². The average molecular weight is 284 g/mol. The second kappa shape index (κ2) is 6.39. The Balaban J connectivity index is 1.67. The topological polar surface area (TPSA) is 34.0 Å². The Morgan fingerprint density at radius 1 is 1.33 bits per heavy atom. The molecule has 0 amide bonds. The summed E-state index contributed by atoms with van der Waals surface area (Å²) in [6.07, 6.45) is 8.20. The van der Waals surface area contributed by atoms with Gasteiger partial charge in [-0.15, -0.1) is 0 Å². The molecule has 0 N–H and O–H groups in total. The standard InChI is InChI=1S/C17H24N4/c1-3-8-21-14(2)10-19-17(21)16-6-9-20(13-16)12-15-5-4-7-18-11-15/h4-5,7,10-11,16H,3,6,8-9,12-13H2,1-2H3. The number of likely N-dealkylation sites (tertiary alicyclic amines) is 1. The Morgan fingerprint density at radius 3 is 3.00 bits per heavy atom. The van der Waals surface area contributed by atoms with Crippen LogP contribution in [-0.4, -0.2) is 32.5 Å². The van der Waals surface area contributed by atoms with Crippen molar-refractivity contribution in [3.05, 3.63) is 47.8 Å². The lowest BCUT2D eigenvalue weighted by Gasteiger charge is -2.17. The van der Waals surface area contributed by atoms with Crippen molar-refractivity contribution in [2.75, 3.05) is 13.1 Å². The second-order valence-electron chi connectivity index (χ2n) is 5.99. The number of nitrogens with zero attached hydrogens (tertiary/aromatic N) is 4. The zero-order valence-corrected chi connectivity index (χ0v) is 13.0. The molecule has 0 saturated carbocycles. The lowest BCUT2D eigenvalue weighted by Crippen LogP contribution is -2.20. The number of aryl methyl sites for hydroxylation is 1. The third kappa shape index (κ3) is 3.16. The van der Waals surface area contributed by atoms with Crippen LogP contribution < -0.4 is 0 Å². The lowest BCUT2D eigenvalue weighted by atomic mass is 10.1. The molecule has 1 fully saturated rings. The van der Waals surface area contributed by atoms with E-state index in [1.807, 2.05) is 24.7 Å². The van der Waals surface area contributed by atoms with Crippen LogP contribution in [0.1, 0.15) is 42.8 Å². The summed E-state index contributed by atoms with van der Waals surface area (Å²) in [5.41, 5.74) is 2.59. The van der Waals surface area contributed by atoms with Crippen molar-refractivity contribution in [3.63, 3.8) is 0 Å². The van der Waals surface area contributed by atoms with E-state index >= 15 is 0 Å². The van der Waals surface area contributed by atoms with Gasteiger partial charge in [-0.25, -0.2) is 4.98 Å². The van der Waals surface area contributed by atoms with Gasteiger partial charge >= 0.3 is 0 Å². The summed E-state index contributed by atoms with van der Waals surface area (Å²) >= 11 is 0. The Bertz CT molecular complexity index is 576. The number of aromatic nitrogens is 3. The van der Waals surface area contributed by atoms with Crippen molar-refractivity contribution in [3.8, 4) is 0 Å². The molecule has 3 rings (SSSR count). The maximum Gasteiger partial charge on any atom is 0.113 e. The Hall–Kier alpha value is -1.68. The van der Waals surface area contributed by atoms with Crippen LogP contribution in [0.5, 0.6) is 0 Å². The molecule has 1 unspecified atom stereocenters. The first-order valence-corrected chi connectivity index (χ1v) is 7.91. The first-order chi connectivity index (χ1) is 10.3. The highest BCUT2D eigenvalue weighted by molar-refractivity contribution is 5.12. The van der Waals surface area contributed by atoms with Crippen LogP contribution in [0.25, 0.3) is 0 Å². The summed E-state index contributed by atoms with van der Waals surface area (Å²) in [4.78, 5) is 11.4. The van der Waals surface area contributed by atoms with Crippen molar-refractivity contribution in [1.82, 2.24) is 19.4 Å². The first-order valence-electron chi connectivity index (χ1n) is 7.91. The van der Waals surface area contributed by atoms with Gasteiger partial charge in [-0.05, 0) is 37.9 Å². The molecule has 0 radical (unpaired) electrons. The van der Waals surface area contributed by atoms with E-state index in [1.165, 1.54) is 23.5 Å². The fourth-order valence-corrected chi connectivity index (χ4v) is 3.26. The van der Waals surface area contributed by atoms with Crippen molar-refractivity contribution in [2.24, 2.45) is 0 Å². The molecule has 0 aromatic carbocycles. The van der Waals surface area contributed by atoms with Gasteiger partial charge in [0.15, 0.2) is 0 Å². The molecule has 3 heterocycles. The zero-order valence-electron chi connectivity index (χ0n) is 13.0. The highest BCUT2D eigenvalue weighted by Gasteiger charge is 2.27. The SMILES string of the molecule is CCCn1c(C)cnc1C1CCN(Cc2cccnc2)C1. The van der Waals surface area contributed by atoms with Gasteiger partial charge in [0.1, 0.15) is 5.82 Å². The summed E-state index contributed by atoms with van der Waals surface area (Å²) in [5.74, 6) is 1.85. The first kappa shape index (κ1) is 14.3. The number of pyridine rings is 1. The van der Waals surface area contributed by atoms with Crippen LogP contribution >= 0.6 is 0 Å². The maximum absolute atomic E-state index is 4.68. The minimum absolute atomic E-state index is 0.571. The molecule has 1 saturated heterocycles. The molecule has 1 aliphatic rings. The van der Waals surface area contributed by atoms with Gasteiger partial charge in [0.25, 0.3) is 0 Å². The molecule has 112 valence electrons. The number of hydrogen-bond acceptors (Lipinski definition) is 3. The minimum Gasteiger partial charge on any atom is -0.332 e. The van der Waals surface area contributed by atoms with Crippen molar-refractivity contribution in [1.29, 1.82) is 0 Å². The average Bonchev–Trinajstić information content (AvgIpc) is 3.09. The van der Waals surface area contributed by atoms with Gasteiger partial charge in [-0.2, -0.15) is 0 Å². The molecule has 21 heavy (non-hydrogen) atoms. The van der Waals surface area contributed by atoms with Crippen LogP contribution in [0, 0.1) is 6.92 Å². The number of imidazole rings is 1. The quantitative estimate of drug-likeness (QED) is 0.846. The van der Waals surface area contributed by atoms with Gasteiger partial charge < -0.3 is 4.57 Å². The second-order valence-corrected chi connectivity index (χ2v) is 5.99. The number of rotatable bonds is 5. The monoisotopic (exact) mass is 284 g/mol. The predicted octanol–water partition coefficient (Wildman–Crippen LogP) is 2.99. The molecule has 4 nitrogen and oxygen atoms in total. The molecular formula is C17H24N4. The van der Waals surface area contributed by atoms with E-state index < -0.39 is 0 Å². The van der Waals surface area contributed by atoms with E-state index in [2.05, 4.69) is 39.3 Å². The van der Waals surface area contributed by atoms with Crippen molar-refractivity contribution >= 4 is 0 Å². The van der Waals surface area contributed by atoms with E-state index in [1.54, 1.807) is 0 Å². The lowest BCUT2D eigenvalue weighted by molar-refractivity contribution is 0.324. The molecule has 0 spiro atoms. The summed E-state index contributed by atoms with van der Waals surface area (Å²) in [6, 6.07) is 4.17. The highest BCUT2D eigenvalue weighted by Crippen LogP contribution is 2.28. The van der Waals surface area contributed by atoms with Crippen LogP contribution in [0.15, 0.2) is 30.7 Å². The van der Waals surface area contributed by atoms with Gasteiger partial charge in [-0.1, -0.05) is 13.0 Å². The molecule has 0 bridgehead atoms. The molecule has 2 aromatic rings. The third-order valence-corrected chi connectivity index (χ3v) is 4.30. The van der Waals surface area contributed by atoms with Crippen LogP contribution in [0.4, 0.5) is 0 Å². The largest absolute Gasteiger partial charge is 0.332 e. The Morgan fingerprint density at radius 2 is 2.24 bits per heavy atom. The molecule has 2 aromatic heterocycles. The van der Waals surface area contributed by atoms with E-state index in [0.29, 0.717) is 5.92 Å². The Kier molecular flexibility index (Phi) is 4.34. The molecule has 1 aliphatic heterocycles. The molecular weight excluding hydrogens is 260 g/mol. The van der Waals surface area contributed by atoms with Crippen LogP contribution in [0.3, 0.4) is 0 Å². The summed E-state index contributed by atoms with van der Waals surface area (Å²) in [7, 11) is 0. The fraction of sp³-hybridized carbons (Fsp3) is 0.529. The number of hydrogen-bond donors (Lipinski definition) is 0. The summed E-state index contributed by atoms with van der Waals surface area (Å²) in [6.45, 7) is 8.73. The summed E-state index contributed by atoms with van der Waals surface area (Å²) < 4.78 is 2.40. The van der Waals surface area contributed by atoms with Crippen molar-refractivity contribution < 1.29 is 0 Å². The Labute approximate surface area is 126 Å². The van der Waals surface area contributed by atoms with E-state index in [9.17, 15) is 0 Å². The molecule has 0 aliphatic carbocycles. The fourth-order valence-electron chi connectivity index (χ4n) is 3.26. The van der Waals surface area contributed by atoms with Gasteiger partial charge in [0, 0.05) is 49.8 Å². The normalized spacial score (nSPS) is 19.2. The minimum atomic E-state index is 0.571. The van der Waals surface area contributed by atoms with Gasteiger partial charge in [-0.3, -0.25) is 9.88 Å². The third-order valence-electron chi connectivity index (χ3n) is 4.30. The molecule has 1 atom stereocenters. The maximum atomic E-state index is 4.68. The van der Waals surface area contributed by atoms with E-state index in [0.717, 1.165) is 32.6 Å². The summed E-state index contributed by atoms with van der Waals surface area (Å²) in [5, 5.41) is 0. The van der Waals surface area contributed by atoms with Crippen LogP contribution in [0.2, 0.25) is 0 Å². The van der Waals surface area contributed by atoms with Crippen LogP contribution in [-0.2, 0) is 13.1 Å². The predicted molar refractivity (Wildman–Crippen MR) is 84.1 cm³/mol. The van der Waals surface area contributed by atoms with E-state index in [4.69, 9.17) is 0 Å².